The number of benzene rings is 1. The SMILES string of the molecule is O[C@@H]1C(c2cc3ccccc3[nH]2)=CC=C[C@@H]1O. The van der Waals surface area contributed by atoms with E-state index in [-0.39, 0.29) is 0 Å². The Morgan fingerprint density at radius 1 is 1.12 bits per heavy atom. The van der Waals surface area contributed by atoms with E-state index in [1.165, 1.54) is 0 Å². The van der Waals surface area contributed by atoms with E-state index in [9.17, 15) is 10.2 Å². The standard InChI is InChI=1S/C14H13NO2/c16-13-7-3-5-10(14(13)17)12-8-9-4-1-2-6-11(9)15-12/h1-8,13-17H/t13-,14+/m0/s1. The van der Waals surface area contributed by atoms with Crippen LogP contribution in [-0.4, -0.2) is 27.4 Å². The number of aliphatic hydroxyl groups is 2. The van der Waals surface area contributed by atoms with Crippen LogP contribution in [-0.2, 0) is 0 Å². The van der Waals surface area contributed by atoms with Gasteiger partial charge in [0.2, 0.25) is 0 Å². The first-order chi connectivity index (χ1) is 8.25. The third-order valence-corrected chi connectivity index (χ3v) is 3.07. The first-order valence-corrected chi connectivity index (χ1v) is 5.58. The number of rotatable bonds is 1. The highest BCUT2D eigenvalue weighted by Gasteiger charge is 2.22. The molecule has 0 saturated heterocycles. The topological polar surface area (TPSA) is 56.2 Å². The molecule has 3 nitrogen and oxygen atoms in total. The Kier molecular flexibility index (Phi) is 2.35. The fraction of sp³-hybridized carbons (Fsp3) is 0.143. The van der Waals surface area contributed by atoms with Gasteiger partial charge in [0.15, 0.2) is 0 Å². The normalized spacial score (nSPS) is 24.0. The van der Waals surface area contributed by atoms with Gasteiger partial charge in [-0.05, 0) is 17.5 Å². The molecule has 2 aromatic rings. The maximum atomic E-state index is 9.93. The summed E-state index contributed by atoms with van der Waals surface area (Å²) in [6, 6.07) is 9.91. The van der Waals surface area contributed by atoms with Crippen LogP contribution in [0.25, 0.3) is 16.5 Å². The number of nitrogens with one attached hydrogen (secondary N) is 1. The van der Waals surface area contributed by atoms with Crippen molar-refractivity contribution in [3.05, 3.63) is 54.3 Å². The highest BCUT2D eigenvalue weighted by atomic mass is 16.3. The van der Waals surface area contributed by atoms with Crippen molar-refractivity contribution < 1.29 is 10.2 Å². The number of fused-ring (bicyclic) bond motifs is 1. The van der Waals surface area contributed by atoms with Crippen molar-refractivity contribution in [1.82, 2.24) is 4.98 Å². The van der Waals surface area contributed by atoms with E-state index in [0.717, 1.165) is 22.2 Å². The van der Waals surface area contributed by atoms with Crippen molar-refractivity contribution >= 4 is 16.5 Å². The minimum atomic E-state index is -0.868. The number of aromatic amines is 1. The quantitative estimate of drug-likeness (QED) is 0.696. The van der Waals surface area contributed by atoms with E-state index in [1.807, 2.05) is 36.4 Å². The Bertz CT molecular complexity index is 576. The Balaban J connectivity index is 2.09. The summed E-state index contributed by atoms with van der Waals surface area (Å²) in [5, 5.41) is 20.6. The number of aromatic nitrogens is 1. The van der Waals surface area contributed by atoms with Crippen LogP contribution in [0.15, 0.2) is 48.6 Å². The third kappa shape index (κ3) is 1.69. The zero-order valence-electron chi connectivity index (χ0n) is 9.17. The predicted octanol–water partition coefficient (Wildman–Crippen LogP) is 1.84. The molecular formula is C14H13NO2. The van der Waals surface area contributed by atoms with E-state index in [2.05, 4.69) is 4.98 Å². The fourth-order valence-electron chi connectivity index (χ4n) is 2.14. The van der Waals surface area contributed by atoms with Gasteiger partial charge in [-0.25, -0.2) is 0 Å². The summed E-state index contributed by atoms with van der Waals surface area (Å²) < 4.78 is 0. The average Bonchev–Trinajstić information content (AvgIpc) is 2.76. The first-order valence-electron chi connectivity index (χ1n) is 5.58. The lowest BCUT2D eigenvalue weighted by Gasteiger charge is -2.20. The van der Waals surface area contributed by atoms with Crippen LogP contribution < -0.4 is 0 Å². The molecule has 3 rings (SSSR count). The second-order valence-electron chi connectivity index (χ2n) is 4.21. The van der Waals surface area contributed by atoms with E-state index in [4.69, 9.17) is 0 Å². The van der Waals surface area contributed by atoms with Crippen LogP contribution in [0.4, 0.5) is 0 Å². The maximum Gasteiger partial charge on any atom is 0.110 e. The lowest BCUT2D eigenvalue weighted by atomic mass is 9.97. The molecule has 3 N–H and O–H groups in total. The van der Waals surface area contributed by atoms with Crippen LogP contribution in [0.3, 0.4) is 0 Å². The summed E-state index contributed by atoms with van der Waals surface area (Å²) >= 11 is 0. The molecule has 2 atom stereocenters. The highest BCUT2D eigenvalue weighted by molar-refractivity contribution is 5.86. The minimum Gasteiger partial charge on any atom is -0.386 e. The Morgan fingerprint density at radius 2 is 1.94 bits per heavy atom. The molecule has 0 spiro atoms. The fourth-order valence-corrected chi connectivity index (χ4v) is 2.14. The van der Waals surface area contributed by atoms with Crippen LogP contribution in [0.2, 0.25) is 0 Å². The van der Waals surface area contributed by atoms with Crippen molar-refractivity contribution in [2.75, 3.05) is 0 Å². The number of hydrogen-bond donors (Lipinski definition) is 3. The molecule has 1 heterocycles. The van der Waals surface area contributed by atoms with Crippen molar-refractivity contribution in [1.29, 1.82) is 0 Å². The number of H-pyrrole nitrogens is 1. The van der Waals surface area contributed by atoms with Gasteiger partial charge in [-0.1, -0.05) is 36.4 Å². The van der Waals surface area contributed by atoms with E-state index >= 15 is 0 Å². The van der Waals surface area contributed by atoms with Crippen molar-refractivity contribution in [2.24, 2.45) is 0 Å². The molecule has 3 heteroatoms. The number of allylic oxidation sites excluding steroid dienone is 2. The van der Waals surface area contributed by atoms with Gasteiger partial charge in [0, 0.05) is 16.8 Å². The molecule has 0 fully saturated rings. The van der Waals surface area contributed by atoms with Gasteiger partial charge in [0.25, 0.3) is 0 Å². The molecule has 0 bridgehead atoms. The Morgan fingerprint density at radius 3 is 2.76 bits per heavy atom. The number of para-hydroxylation sites is 1. The lowest BCUT2D eigenvalue weighted by molar-refractivity contribution is 0.0858. The summed E-state index contributed by atoms with van der Waals surface area (Å²) in [7, 11) is 0. The molecule has 0 amide bonds. The van der Waals surface area contributed by atoms with Gasteiger partial charge in [-0.2, -0.15) is 0 Å². The molecule has 1 aromatic carbocycles. The van der Waals surface area contributed by atoms with E-state index < -0.39 is 12.2 Å². The Labute approximate surface area is 98.7 Å². The van der Waals surface area contributed by atoms with E-state index in [0.29, 0.717) is 0 Å². The summed E-state index contributed by atoms with van der Waals surface area (Å²) in [4.78, 5) is 3.24. The van der Waals surface area contributed by atoms with E-state index in [1.54, 1.807) is 12.2 Å². The second kappa shape index (κ2) is 3.87. The minimum absolute atomic E-state index is 0.719. The largest absolute Gasteiger partial charge is 0.386 e. The zero-order chi connectivity index (χ0) is 11.8. The summed E-state index contributed by atoms with van der Waals surface area (Å²) in [5.74, 6) is 0. The first kappa shape index (κ1) is 10.3. The second-order valence-corrected chi connectivity index (χ2v) is 4.21. The molecule has 1 aliphatic carbocycles. The number of hydrogen-bond acceptors (Lipinski definition) is 2. The van der Waals surface area contributed by atoms with Crippen LogP contribution in [0.5, 0.6) is 0 Å². The van der Waals surface area contributed by atoms with Gasteiger partial charge in [-0.3, -0.25) is 0 Å². The Hall–Kier alpha value is -1.84. The molecule has 86 valence electrons. The molecule has 17 heavy (non-hydrogen) atoms. The van der Waals surface area contributed by atoms with Gasteiger partial charge in [0.1, 0.15) is 12.2 Å². The molecule has 0 radical (unpaired) electrons. The smallest absolute Gasteiger partial charge is 0.110 e. The zero-order valence-corrected chi connectivity index (χ0v) is 9.17. The van der Waals surface area contributed by atoms with Crippen LogP contribution >= 0.6 is 0 Å². The lowest BCUT2D eigenvalue weighted by Crippen LogP contribution is -2.27. The summed E-state index contributed by atoms with van der Waals surface area (Å²) in [6.45, 7) is 0. The molecule has 1 aliphatic rings. The monoisotopic (exact) mass is 227 g/mol. The summed E-state index contributed by atoms with van der Waals surface area (Å²) in [5.41, 5.74) is 2.60. The van der Waals surface area contributed by atoms with Crippen molar-refractivity contribution in [3.63, 3.8) is 0 Å². The van der Waals surface area contributed by atoms with Crippen LogP contribution in [0.1, 0.15) is 5.69 Å². The molecule has 0 saturated carbocycles. The average molecular weight is 227 g/mol. The molecule has 1 aromatic heterocycles. The van der Waals surface area contributed by atoms with Crippen molar-refractivity contribution in [3.8, 4) is 0 Å². The van der Waals surface area contributed by atoms with Crippen molar-refractivity contribution in [2.45, 2.75) is 12.2 Å². The van der Waals surface area contributed by atoms with Gasteiger partial charge >= 0.3 is 0 Å². The predicted molar refractivity (Wildman–Crippen MR) is 67.4 cm³/mol. The maximum absolute atomic E-state index is 9.93. The van der Waals surface area contributed by atoms with Gasteiger partial charge in [-0.15, -0.1) is 0 Å². The molecule has 0 unspecified atom stereocenters. The molecular weight excluding hydrogens is 214 g/mol. The highest BCUT2D eigenvalue weighted by Crippen LogP contribution is 2.26. The van der Waals surface area contributed by atoms with Crippen LogP contribution in [0, 0.1) is 0 Å². The summed E-state index contributed by atoms with van der Waals surface area (Å²) in [6.07, 6.45) is 3.46. The van der Waals surface area contributed by atoms with Gasteiger partial charge < -0.3 is 15.2 Å². The van der Waals surface area contributed by atoms with Gasteiger partial charge in [0.05, 0.1) is 0 Å². The molecule has 0 aliphatic heterocycles. The third-order valence-electron chi connectivity index (χ3n) is 3.07. The number of aliphatic hydroxyl groups excluding tert-OH is 2.